The Kier molecular flexibility index (Phi) is 2.67. The molecule has 0 N–H and O–H groups in total. The monoisotopic (exact) mass is 204 g/mol. The third-order valence-electron chi connectivity index (χ3n) is 2.34. The summed E-state index contributed by atoms with van der Waals surface area (Å²) in [6.07, 6.45) is 2.05. The molecule has 1 heterocycles. The fourth-order valence-electron chi connectivity index (χ4n) is 1.43. The summed E-state index contributed by atoms with van der Waals surface area (Å²) in [5, 5.41) is 3.64. The van der Waals surface area contributed by atoms with Crippen molar-refractivity contribution >= 4 is 12.1 Å². The van der Waals surface area contributed by atoms with Gasteiger partial charge in [0.05, 0.1) is 0 Å². The second kappa shape index (κ2) is 4.13. The highest BCUT2D eigenvalue weighted by Crippen LogP contribution is 2.12. The van der Waals surface area contributed by atoms with Gasteiger partial charge in [-0.15, -0.1) is 0 Å². The van der Waals surface area contributed by atoms with Crippen LogP contribution < -0.4 is 0 Å². The van der Waals surface area contributed by atoms with Crippen LogP contribution in [0.25, 0.3) is 0 Å². The average Bonchev–Trinajstić information content (AvgIpc) is 2.82. The minimum Gasteiger partial charge on any atom is -0.370 e. The maximum Gasteiger partial charge on any atom is 0.256 e. The largest absolute Gasteiger partial charge is 0.370 e. The molecule has 1 aliphatic rings. The molecule has 4 nitrogen and oxygen atoms in total. The standard InChI is InChI=1S/C11H12N2O2/c1-13(10-7-8-12-15-10)11(14)9-5-3-2-4-6-9/h2-6,8,10H,7H2,1H3. The zero-order valence-electron chi connectivity index (χ0n) is 8.46. The summed E-state index contributed by atoms with van der Waals surface area (Å²) in [6, 6.07) is 9.13. The molecule has 0 saturated heterocycles. The lowest BCUT2D eigenvalue weighted by molar-refractivity contribution is -0.0145. The van der Waals surface area contributed by atoms with Gasteiger partial charge in [-0.05, 0) is 12.1 Å². The second-order valence-corrected chi connectivity index (χ2v) is 3.37. The Morgan fingerprint density at radius 3 is 2.80 bits per heavy atom. The number of benzene rings is 1. The summed E-state index contributed by atoms with van der Waals surface area (Å²) in [6.45, 7) is 0. The van der Waals surface area contributed by atoms with Crippen LogP contribution in [0.4, 0.5) is 0 Å². The first-order valence-corrected chi connectivity index (χ1v) is 4.79. The molecule has 0 aromatic heterocycles. The molecule has 0 fully saturated rings. The van der Waals surface area contributed by atoms with E-state index in [4.69, 9.17) is 4.84 Å². The minimum atomic E-state index is -0.266. The molecule has 0 radical (unpaired) electrons. The van der Waals surface area contributed by atoms with E-state index >= 15 is 0 Å². The lowest BCUT2D eigenvalue weighted by Crippen LogP contribution is -2.36. The third-order valence-corrected chi connectivity index (χ3v) is 2.34. The van der Waals surface area contributed by atoms with Gasteiger partial charge in [0.25, 0.3) is 5.91 Å². The van der Waals surface area contributed by atoms with Gasteiger partial charge in [-0.3, -0.25) is 4.79 Å². The smallest absolute Gasteiger partial charge is 0.256 e. The molecule has 0 bridgehead atoms. The number of nitrogens with zero attached hydrogens (tertiary/aromatic N) is 2. The van der Waals surface area contributed by atoms with Crippen LogP contribution in [0.2, 0.25) is 0 Å². The number of carbonyl (C=O) groups is 1. The number of oxime groups is 1. The van der Waals surface area contributed by atoms with E-state index in [-0.39, 0.29) is 12.1 Å². The number of amides is 1. The summed E-state index contributed by atoms with van der Waals surface area (Å²) < 4.78 is 0. The molecule has 1 aliphatic heterocycles. The third kappa shape index (κ3) is 1.98. The van der Waals surface area contributed by atoms with E-state index in [1.54, 1.807) is 30.3 Å². The fraction of sp³-hybridized carbons (Fsp3) is 0.273. The normalized spacial score (nSPS) is 18.6. The first kappa shape index (κ1) is 9.71. The van der Waals surface area contributed by atoms with Crippen molar-refractivity contribution in [2.45, 2.75) is 12.6 Å². The number of hydrogen-bond donors (Lipinski definition) is 0. The SMILES string of the molecule is CN(C(=O)c1ccccc1)C1CC=NO1. The highest BCUT2D eigenvalue weighted by molar-refractivity contribution is 5.94. The average molecular weight is 204 g/mol. The van der Waals surface area contributed by atoms with Crippen molar-refractivity contribution in [3.63, 3.8) is 0 Å². The molecule has 1 amide bonds. The molecule has 1 unspecified atom stereocenters. The maximum absolute atomic E-state index is 11.9. The van der Waals surface area contributed by atoms with E-state index in [0.29, 0.717) is 12.0 Å². The Morgan fingerprint density at radius 2 is 2.20 bits per heavy atom. The van der Waals surface area contributed by atoms with Crippen LogP contribution in [0.5, 0.6) is 0 Å². The lowest BCUT2D eigenvalue weighted by atomic mass is 10.2. The van der Waals surface area contributed by atoms with Crippen molar-refractivity contribution in [2.24, 2.45) is 5.16 Å². The summed E-state index contributed by atoms with van der Waals surface area (Å²) in [7, 11) is 1.72. The number of carbonyl (C=O) groups excluding carboxylic acids is 1. The van der Waals surface area contributed by atoms with Crippen molar-refractivity contribution < 1.29 is 9.63 Å². The Morgan fingerprint density at radius 1 is 1.47 bits per heavy atom. The number of rotatable bonds is 2. The molecule has 0 saturated carbocycles. The summed E-state index contributed by atoms with van der Waals surface area (Å²) in [5.74, 6) is -0.0499. The highest BCUT2D eigenvalue weighted by atomic mass is 16.7. The van der Waals surface area contributed by atoms with Gasteiger partial charge >= 0.3 is 0 Å². The van der Waals surface area contributed by atoms with Crippen LogP contribution in [-0.4, -0.2) is 30.3 Å². The van der Waals surface area contributed by atoms with Crippen LogP contribution in [0.1, 0.15) is 16.8 Å². The Labute approximate surface area is 88.1 Å². The molecule has 1 aromatic carbocycles. The van der Waals surface area contributed by atoms with E-state index < -0.39 is 0 Å². The van der Waals surface area contributed by atoms with E-state index in [9.17, 15) is 4.79 Å². The van der Waals surface area contributed by atoms with Crippen molar-refractivity contribution in [1.82, 2.24) is 4.90 Å². The first-order chi connectivity index (χ1) is 7.29. The fourth-order valence-corrected chi connectivity index (χ4v) is 1.43. The summed E-state index contributed by atoms with van der Waals surface area (Å²) in [5.41, 5.74) is 0.663. The molecule has 4 heteroatoms. The van der Waals surface area contributed by atoms with Crippen molar-refractivity contribution in [3.05, 3.63) is 35.9 Å². The molecule has 78 valence electrons. The van der Waals surface area contributed by atoms with Crippen LogP contribution in [0.15, 0.2) is 35.5 Å². The predicted molar refractivity (Wildman–Crippen MR) is 56.5 cm³/mol. The molecule has 0 aliphatic carbocycles. The van der Waals surface area contributed by atoms with Gasteiger partial charge in [0.1, 0.15) is 0 Å². The van der Waals surface area contributed by atoms with Gasteiger partial charge in [0, 0.05) is 25.2 Å². The Bertz CT molecular complexity index is 367. The van der Waals surface area contributed by atoms with Crippen molar-refractivity contribution in [2.75, 3.05) is 7.05 Å². The van der Waals surface area contributed by atoms with E-state index in [2.05, 4.69) is 5.16 Å². The minimum absolute atomic E-state index is 0.0499. The highest BCUT2D eigenvalue weighted by Gasteiger charge is 2.24. The quantitative estimate of drug-likeness (QED) is 0.732. The van der Waals surface area contributed by atoms with Gasteiger partial charge < -0.3 is 9.74 Å². The second-order valence-electron chi connectivity index (χ2n) is 3.37. The molecular formula is C11H12N2O2. The van der Waals surface area contributed by atoms with Crippen LogP contribution in [-0.2, 0) is 4.84 Å². The van der Waals surface area contributed by atoms with E-state index in [0.717, 1.165) is 0 Å². The van der Waals surface area contributed by atoms with Gasteiger partial charge in [-0.25, -0.2) is 0 Å². The van der Waals surface area contributed by atoms with Gasteiger partial charge in [0.15, 0.2) is 0 Å². The first-order valence-electron chi connectivity index (χ1n) is 4.79. The van der Waals surface area contributed by atoms with Gasteiger partial charge in [-0.1, -0.05) is 23.4 Å². The zero-order chi connectivity index (χ0) is 10.7. The van der Waals surface area contributed by atoms with Crippen molar-refractivity contribution in [3.8, 4) is 0 Å². The van der Waals surface area contributed by atoms with Crippen LogP contribution >= 0.6 is 0 Å². The van der Waals surface area contributed by atoms with E-state index in [1.807, 2.05) is 18.2 Å². The summed E-state index contributed by atoms with van der Waals surface area (Å²) >= 11 is 0. The van der Waals surface area contributed by atoms with Gasteiger partial charge in [-0.2, -0.15) is 0 Å². The molecule has 15 heavy (non-hydrogen) atoms. The van der Waals surface area contributed by atoms with Crippen LogP contribution in [0, 0.1) is 0 Å². The lowest BCUT2D eigenvalue weighted by Gasteiger charge is -2.21. The van der Waals surface area contributed by atoms with Crippen molar-refractivity contribution in [1.29, 1.82) is 0 Å². The Hall–Kier alpha value is -1.84. The van der Waals surface area contributed by atoms with E-state index in [1.165, 1.54) is 0 Å². The maximum atomic E-state index is 11.9. The van der Waals surface area contributed by atoms with Crippen LogP contribution in [0.3, 0.4) is 0 Å². The topological polar surface area (TPSA) is 41.9 Å². The molecule has 1 aromatic rings. The number of hydrogen-bond acceptors (Lipinski definition) is 3. The predicted octanol–water partition coefficient (Wildman–Crippen LogP) is 1.49. The molecule has 1 atom stereocenters. The van der Waals surface area contributed by atoms with Gasteiger partial charge in [0.2, 0.25) is 6.23 Å². The Balaban J connectivity index is 2.08. The zero-order valence-corrected chi connectivity index (χ0v) is 8.46. The molecule has 2 rings (SSSR count). The molecule has 0 spiro atoms. The molecular weight excluding hydrogens is 192 g/mol. The summed E-state index contributed by atoms with van der Waals surface area (Å²) in [4.78, 5) is 18.5.